The summed E-state index contributed by atoms with van der Waals surface area (Å²) in [6.45, 7) is 2.41. The van der Waals surface area contributed by atoms with Crippen LogP contribution < -0.4 is 10.6 Å². The van der Waals surface area contributed by atoms with E-state index in [4.69, 9.17) is 0 Å². The molecule has 1 fully saturated rings. The van der Waals surface area contributed by atoms with Crippen LogP contribution in [-0.2, 0) is 14.4 Å². The number of nitrogens with zero attached hydrogens (tertiary/aromatic N) is 1. The van der Waals surface area contributed by atoms with Gasteiger partial charge in [-0.3, -0.25) is 14.4 Å². The molecular formula is C23H27N3O4. The van der Waals surface area contributed by atoms with Crippen molar-refractivity contribution in [3.63, 3.8) is 0 Å². The zero-order valence-electron chi connectivity index (χ0n) is 17.0. The van der Waals surface area contributed by atoms with E-state index >= 15 is 0 Å². The van der Waals surface area contributed by atoms with Crippen LogP contribution in [0.1, 0.15) is 37.8 Å². The predicted octanol–water partition coefficient (Wildman–Crippen LogP) is 2.84. The molecule has 30 heavy (non-hydrogen) atoms. The van der Waals surface area contributed by atoms with Gasteiger partial charge in [-0.2, -0.15) is 0 Å². The summed E-state index contributed by atoms with van der Waals surface area (Å²) in [5.41, 5.74) is 1.28. The van der Waals surface area contributed by atoms with Crippen LogP contribution in [0.25, 0.3) is 0 Å². The number of piperidine rings is 1. The van der Waals surface area contributed by atoms with Gasteiger partial charge in [-0.05, 0) is 30.5 Å². The number of carbonyl (C=O) groups is 3. The molecule has 1 aliphatic heterocycles. The van der Waals surface area contributed by atoms with Gasteiger partial charge in [-0.25, -0.2) is 0 Å². The van der Waals surface area contributed by atoms with E-state index in [-0.39, 0.29) is 41.9 Å². The molecule has 7 heteroatoms. The highest BCUT2D eigenvalue weighted by Crippen LogP contribution is 2.26. The standard InChI is InChI=1S/C23H27N3O4/c1-16(27)24-20(17-7-3-2-4-8-17)15-22(29)26-13-11-18(12-14-26)23(30)25-19-9-5-6-10-21(19)28/h2-10,18,20,28H,11-15H2,1H3,(H,24,27)(H,25,30). The number of likely N-dealkylation sites (tertiary alicyclic amines) is 1. The van der Waals surface area contributed by atoms with Crippen LogP contribution in [0.4, 0.5) is 5.69 Å². The van der Waals surface area contributed by atoms with Gasteiger partial charge in [0.15, 0.2) is 0 Å². The minimum Gasteiger partial charge on any atom is -0.506 e. The number of phenols is 1. The third kappa shape index (κ3) is 5.59. The first-order chi connectivity index (χ1) is 14.4. The number of benzene rings is 2. The highest BCUT2D eigenvalue weighted by atomic mass is 16.3. The van der Waals surface area contributed by atoms with Gasteiger partial charge in [0.05, 0.1) is 18.2 Å². The third-order valence-electron chi connectivity index (χ3n) is 5.34. The van der Waals surface area contributed by atoms with Crippen molar-refractivity contribution in [2.24, 2.45) is 5.92 Å². The molecule has 0 spiro atoms. The van der Waals surface area contributed by atoms with Crippen molar-refractivity contribution < 1.29 is 19.5 Å². The maximum absolute atomic E-state index is 12.8. The Kier molecular flexibility index (Phi) is 7.06. The Hall–Kier alpha value is -3.35. The number of amides is 3. The van der Waals surface area contributed by atoms with Crippen molar-refractivity contribution in [2.75, 3.05) is 18.4 Å². The predicted molar refractivity (Wildman–Crippen MR) is 114 cm³/mol. The molecule has 3 N–H and O–H groups in total. The van der Waals surface area contributed by atoms with Gasteiger partial charge in [0.1, 0.15) is 5.75 Å². The lowest BCUT2D eigenvalue weighted by molar-refractivity contribution is -0.135. The molecule has 3 amide bonds. The molecular weight excluding hydrogens is 382 g/mol. The molecule has 7 nitrogen and oxygen atoms in total. The fraction of sp³-hybridized carbons (Fsp3) is 0.348. The van der Waals surface area contributed by atoms with Crippen LogP contribution in [-0.4, -0.2) is 40.8 Å². The van der Waals surface area contributed by atoms with Crippen LogP contribution >= 0.6 is 0 Å². The van der Waals surface area contributed by atoms with E-state index in [1.807, 2.05) is 30.3 Å². The van der Waals surface area contributed by atoms with Crippen LogP contribution in [0, 0.1) is 5.92 Å². The first-order valence-electron chi connectivity index (χ1n) is 10.1. The van der Waals surface area contributed by atoms with E-state index in [1.165, 1.54) is 13.0 Å². The molecule has 158 valence electrons. The van der Waals surface area contributed by atoms with Crippen LogP contribution in [0.5, 0.6) is 5.75 Å². The molecule has 1 unspecified atom stereocenters. The van der Waals surface area contributed by atoms with Gasteiger partial charge in [0, 0.05) is 25.9 Å². The number of para-hydroxylation sites is 2. The Labute approximate surface area is 176 Å². The summed E-state index contributed by atoms with van der Waals surface area (Å²) in [5, 5.41) is 15.4. The zero-order valence-corrected chi connectivity index (χ0v) is 17.0. The number of nitrogens with one attached hydrogen (secondary N) is 2. The molecule has 2 aromatic rings. The van der Waals surface area contributed by atoms with Gasteiger partial charge in [-0.15, -0.1) is 0 Å². The first-order valence-corrected chi connectivity index (χ1v) is 10.1. The normalized spacial score (nSPS) is 15.3. The molecule has 1 aliphatic rings. The molecule has 0 aromatic heterocycles. The number of hydrogen-bond acceptors (Lipinski definition) is 4. The van der Waals surface area contributed by atoms with E-state index in [1.54, 1.807) is 23.1 Å². The Bertz CT molecular complexity index is 892. The summed E-state index contributed by atoms with van der Waals surface area (Å²) in [6.07, 6.45) is 1.29. The quantitative estimate of drug-likeness (QED) is 0.639. The summed E-state index contributed by atoms with van der Waals surface area (Å²) in [4.78, 5) is 38.7. The molecule has 1 heterocycles. The fourth-order valence-electron chi connectivity index (χ4n) is 3.69. The summed E-state index contributed by atoms with van der Waals surface area (Å²) < 4.78 is 0. The average molecular weight is 409 g/mol. The van der Waals surface area contributed by atoms with Crippen molar-refractivity contribution >= 4 is 23.4 Å². The van der Waals surface area contributed by atoms with E-state index in [0.717, 1.165) is 5.56 Å². The first kappa shape index (κ1) is 21.4. The number of rotatable bonds is 6. The summed E-state index contributed by atoms with van der Waals surface area (Å²) in [5.74, 6) is -0.560. The maximum atomic E-state index is 12.8. The highest BCUT2D eigenvalue weighted by molar-refractivity contribution is 5.94. The van der Waals surface area contributed by atoms with Gasteiger partial charge >= 0.3 is 0 Å². The molecule has 1 atom stereocenters. The lowest BCUT2D eigenvalue weighted by Gasteiger charge is -2.32. The van der Waals surface area contributed by atoms with E-state index in [0.29, 0.717) is 31.6 Å². The monoisotopic (exact) mass is 409 g/mol. The Balaban J connectivity index is 1.54. The molecule has 1 saturated heterocycles. The second-order valence-electron chi connectivity index (χ2n) is 7.53. The van der Waals surface area contributed by atoms with Crippen molar-refractivity contribution in [2.45, 2.75) is 32.2 Å². The van der Waals surface area contributed by atoms with E-state index in [9.17, 15) is 19.5 Å². The Morgan fingerprint density at radius 3 is 2.30 bits per heavy atom. The smallest absolute Gasteiger partial charge is 0.227 e. The van der Waals surface area contributed by atoms with Crippen molar-refractivity contribution in [1.29, 1.82) is 0 Å². The fourth-order valence-corrected chi connectivity index (χ4v) is 3.69. The largest absolute Gasteiger partial charge is 0.506 e. The zero-order chi connectivity index (χ0) is 21.5. The van der Waals surface area contributed by atoms with Crippen molar-refractivity contribution in [3.05, 3.63) is 60.2 Å². The molecule has 0 radical (unpaired) electrons. The van der Waals surface area contributed by atoms with Gasteiger partial charge in [0.25, 0.3) is 0 Å². The summed E-state index contributed by atoms with van der Waals surface area (Å²) in [7, 11) is 0. The van der Waals surface area contributed by atoms with Crippen LogP contribution in [0.15, 0.2) is 54.6 Å². The van der Waals surface area contributed by atoms with Gasteiger partial charge in [-0.1, -0.05) is 42.5 Å². The Morgan fingerprint density at radius 2 is 1.67 bits per heavy atom. The summed E-state index contributed by atoms with van der Waals surface area (Å²) >= 11 is 0. The second-order valence-corrected chi connectivity index (χ2v) is 7.53. The molecule has 3 rings (SSSR count). The third-order valence-corrected chi connectivity index (χ3v) is 5.34. The molecule has 0 saturated carbocycles. The van der Waals surface area contributed by atoms with Gasteiger partial charge in [0.2, 0.25) is 17.7 Å². The number of hydrogen-bond donors (Lipinski definition) is 3. The lowest BCUT2D eigenvalue weighted by atomic mass is 9.95. The maximum Gasteiger partial charge on any atom is 0.227 e. The summed E-state index contributed by atoms with van der Waals surface area (Å²) in [6, 6.07) is 15.7. The number of carbonyl (C=O) groups excluding carboxylic acids is 3. The molecule has 0 bridgehead atoms. The molecule has 2 aromatic carbocycles. The average Bonchev–Trinajstić information content (AvgIpc) is 2.75. The second kappa shape index (κ2) is 9.91. The van der Waals surface area contributed by atoms with E-state index < -0.39 is 0 Å². The Morgan fingerprint density at radius 1 is 1.03 bits per heavy atom. The van der Waals surface area contributed by atoms with Crippen molar-refractivity contribution in [1.82, 2.24) is 10.2 Å². The van der Waals surface area contributed by atoms with E-state index in [2.05, 4.69) is 10.6 Å². The molecule has 0 aliphatic carbocycles. The highest BCUT2D eigenvalue weighted by Gasteiger charge is 2.29. The van der Waals surface area contributed by atoms with Crippen molar-refractivity contribution in [3.8, 4) is 5.75 Å². The minimum absolute atomic E-state index is 0.0309. The topological polar surface area (TPSA) is 98.7 Å². The van der Waals surface area contributed by atoms with Gasteiger partial charge < -0.3 is 20.6 Å². The minimum atomic E-state index is -0.377. The van der Waals surface area contributed by atoms with Crippen LogP contribution in [0.3, 0.4) is 0 Å². The number of aromatic hydroxyl groups is 1. The number of phenolic OH excluding ortho intramolecular Hbond substituents is 1. The van der Waals surface area contributed by atoms with Crippen LogP contribution in [0.2, 0.25) is 0 Å². The lowest BCUT2D eigenvalue weighted by Crippen LogP contribution is -2.43. The number of anilines is 1. The SMILES string of the molecule is CC(=O)NC(CC(=O)N1CCC(C(=O)Nc2ccccc2O)CC1)c1ccccc1.